The first kappa shape index (κ1) is 18.4. The smallest absolute Gasteiger partial charge is 0.444 e. The average molecular weight is 340 g/mol. The van der Waals surface area contributed by atoms with Crippen molar-refractivity contribution in [3.05, 3.63) is 18.2 Å². The summed E-state index contributed by atoms with van der Waals surface area (Å²) >= 11 is 0. The number of nitrogens with zero attached hydrogens (tertiary/aromatic N) is 2. The van der Waals surface area contributed by atoms with Crippen LogP contribution in [0.15, 0.2) is 12.7 Å². The van der Waals surface area contributed by atoms with Crippen LogP contribution in [0.2, 0.25) is 0 Å². The largest absolute Gasteiger partial charge is 0.457 e. The minimum Gasteiger partial charge on any atom is -0.457 e. The minimum atomic E-state index is -1.23. The van der Waals surface area contributed by atoms with Crippen molar-refractivity contribution < 1.29 is 38.1 Å². The molecule has 0 spiro atoms. The number of ketones is 1. The quantitative estimate of drug-likeness (QED) is 0.163. The highest BCUT2D eigenvalue weighted by Crippen LogP contribution is 2.39. The van der Waals surface area contributed by atoms with Crippen LogP contribution in [0.5, 0.6) is 0 Å². The van der Waals surface area contributed by atoms with Gasteiger partial charge in [-0.05, 0) is 20.8 Å². The van der Waals surface area contributed by atoms with E-state index in [1.807, 2.05) is 0 Å². The van der Waals surface area contributed by atoms with Crippen LogP contribution in [-0.2, 0) is 33.3 Å². The molecule has 2 aliphatic rings. The Morgan fingerprint density at radius 2 is 2.08 bits per heavy atom. The summed E-state index contributed by atoms with van der Waals surface area (Å²) in [5, 5.41) is 0. The molecule has 2 heterocycles. The molecule has 0 aromatic carbocycles. The van der Waals surface area contributed by atoms with Crippen molar-refractivity contribution >= 4 is 17.5 Å². The van der Waals surface area contributed by atoms with Crippen LogP contribution < -0.4 is 0 Å². The van der Waals surface area contributed by atoms with Gasteiger partial charge in [-0.15, -0.1) is 6.58 Å². The predicted molar refractivity (Wildman–Crippen MR) is 78.9 cm³/mol. The maximum absolute atomic E-state index is 12.5. The summed E-state index contributed by atoms with van der Waals surface area (Å²) in [6, 6.07) is 0. The lowest BCUT2D eigenvalue weighted by Gasteiger charge is -2.24. The van der Waals surface area contributed by atoms with Crippen LogP contribution in [0, 0.1) is 0 Å². The Morgan fingerprint density at radius 1 is 1.38 bits per heavy atom. The lowest BCUT2D eigenvalue weighted by molar-refractivity contribution is -0.216. The molecular weight excluding hydrogens is 320 g/mol. The topological polar surface area (TPSA) is 117 Å². The van der Waals surface area contributed by atoms with Crippen LogP contribution in [-0.4, -0.2) is 65.9 Å². The van der Waals surface area contributed by atoms with Crippen molar-refractivity contribution in [3.8, 4) is 0 Å². The maximum atomic E-state index is 12.5. The van der Waals surface area contributed by atoms with Gasteiger partial charge in [0.05, 0.1) is 13.2 Å². The third-order valence-corrected chi connectivity index (χ3v) is 3.46. The molecule has 2 fully saturated rings. The van der Waals surface area contributed by atoms with Crippen molar-refractivity contribution in [2.24, 2.45) is 0 Å². The summed E-state index contributed by atoms with van der Waals surface area (Å²) in [5.74, 6) is -2.81. The number of rotatable bonds is 7. The maximum Gasteiger partial charge on any atom is 0.444 e. The standard InChI is InChI=1S/C15H20N2O7/c1-5-7-21-11-10(9(18)8(17-16)13(19)20-6-2)22-14-12(11)23-15(3,4)24-14/h5,10-12,14H,1,6-7H2,2-4H3/t10-,11+,12-,14-/m1/s1. The SMILES string of the molecule is C=CCO[C@@H]1[C@H]2OC(C)(C)O[C@H]2O[C@@H]1C(=O)C(=[N+]=[N-])C(=O)OCC. The van der Waals surface area contributed by atoms with Gasteiger partial charge in [0.2, 0.25) is 0 Å². The highest BCUT2D eigenvalue weighted by Gasteiger charge is 2.59. The van der Waals surface area contributed by atoms with E-state index in [0.29, 0.717) is 0 Å². The Balaban J connectivity index is 2.22. The molecule has 9 nitrogen and oxygen atoms in total. The van der Waals surface area contributed by atoms with Crippen molar-refractivity contribution in [2.45, 2.75) is 51.2 Å². The fraction of sp³-hybridized carbons (Fsp3) is 0.667. The van der Waals surface area contributed by atoms with E-state index >= 15 is 0 Å². The number of Topliss-reactive ketones (excluding diaryl/α,β-unsaturated/α-hetero) is 1. The second-order valence-electron chi connectivity index (χ2n) is 5.65. The van der Waals surface area contributed by atoms with E-state index in [0.717, 1.165) is 0 Å². The normalized spacial score (nSPS) is 30.3. The van der Waals surface area contributed by atoms with E-state index in [-0.39, 0.29) is 13.2 Å². The molecule has 0 radical (unpaired) electrons. The molecule has 2 rings (SSSR count). The molecule has 9 heteroatoms. The lowest BCUT2D eigenvalue weighted by Crippen LogP contribution is -2.45. The van der Waals surface area contributed by atoms with Gasteiger partial charge < -0.3 is 29.2 Å². The molecule has 0 N–H and O–H groups in total. The van der Waals surface area contributed by atoms with Crippen LogP contribution in [0.3, 0.4) is 0 Å². The molecule has 24 heavy (non-hydrogen) atoms. The van der Waals surface area contributed by atoms with Crippen LogP contribution >= 0.6 is 0 Å². The van der Waals surface area contributed by atoms with Crippen molar-refractivity contribution in [3.63, 3.8) is 0 Å². The van der Waals surface area contributed by atoms with Gasteiger partial charge in [-0.3, -0.25) is 4.79 Å². The minimum absolute atomic E-state index is 0.0265. The first-order valence-corrected chi connectivity index (χ1v) is 7.51. The molecule has 0 amide bonds. The molecule has 4 atom stereocenters. The molecule has 0 aromatic rings. The lowest BCUT2D eigenvalue weighted by atomic mass is 10.0. The zero-order chi connectivity index (χ0) is 17.9. The third kappa shape index (κ3) is 3.61. The molecule has 132 valence electrons. The number of hydrogen-bond donors (Lipinski definition) is 0. The summed E-state index contributed by atoms with van der Waals surface area (Å²) in [5.41, 5.74) is 8.22. The molecule has 0 bridgehead atoms. The Bertz CT molecular complexity index is 582. The summed E-state index contributed by atoms with van der Waals surface area (Å²) in [7, 11) is 0. The van der Waals surface area contributed by atoms with E-state index < -0.39 is 47.9 Å². The van der Waals surface area contributed by atoms with Gasteiger partial charge in [0, 0.05) is 0 Å². The second kappa shape index (κ2) is 7.33. The number of hydrogen-bond acceptors (Lipinski definition) is 7. The third-order valence-electron chi connectivity index (χ3n) is 3.46. The molecule has 2 saturated heterocycles. The summed E-state index contributed by atoms with van der Waals surface area (Å²) in [6.07, 6.45) is -2.09. The molecule has 0 aliphatic carbocycles. The monoisotopic (exact) mass is 340 g/mol. The molecular formula is C15H20N2O7. The Kier molecular flexibility index (Phi) is 5.63. The molecule has 0 aromatic heterocycles. The van der Waals surface area contributed by atoms with Gasteiger partial charge in [-0.1, -0.05) is 6.08 Å². The van der Waals surface area contributed by atoms with E-state index in [4.69, 9.17) is 29.2 Å². The van der Waals surface area contributed by atoms with Crippen LogP contribution in [0.1, 0.15) is 20.8 Å². The van der Waals surface area contributed by atoms with Gasteiger partial charge >= 0.3 is 11.7 Å². The summed E-state index contributed by atoms with van der Waals surface area (Å²) < 4.78 is 27.1. The number of carbonyl (C=O) groups is 2. The highest BCUT2D eigenvalue weighted by molar-refractivity contribution is 6.63. The van der Waals surface area contributed by atoms with Gasteiger partial charge in [-0.25, -0.2) is 4.79 Å². The average Bonchev–Trinajstić information content (AvgIpc) is 2.98. The summed E-state index contributed by atoms with van der Waals surface area (Å²) in [6.45, 7) is 8.68. The Labute approximate surface area is 139 Å². The van der Waals surface area contributed by atoms with Gasteiger partial charge in [0.15, 0.2) is 18.2 Å². The van der Waals surface area contributed by atoms with Crippen LogP contribution in [0.4, 0.5) is 0 Å². The van der Waals surface area contributed by atoms with E-state index in [1.165, 1.54) is 6.08 Å². The first-order valence-electron chi connectivity index (χ1n) is 7.51. The van der Waals surface area contributed by atoms with E-state index in [2.05, 4.69) is 11.4 Å². The fourth-order valence-electron chi connectivity index (χ4n) is 2.58. The highest BCUT2D eigenvalue weighted by atomic mass is 16.8. The van der Waals surface area contributed by atoms with Crippen molar-refractivity contribution in [2.75, 3.05) is 13.2 Å². The van der Waals surface area contributed by atoms with Gasteiger partial charge in [-0.2, -0.15) is 4.79 Å². The second-order valence-corrected chi connectivity index (χ2v) is 5.65. The molecule has 2 aliphatic heterocycles. The number of fused-ring (bicyclic) bond motifs is 1. The zero-order valence-corrected chi connectivity index (χ0v) is 13.8. The van der Waals surface area contributed by atoms with Crippen molar-refractivity contribution in [1.29, 1.82) is 0 Å². The Morgan fingerprint density at radius 3 is 2.67 bits per heavy atom. The number of ether oxygens (including phenoxy) is 5. The van der Waals surface area contributed by atoms with E-state index in [9.17, 15) is 9.59 Å². The summed E-state index contributed by atoms with van der Waals surface area (Å²) in [4.78, 5) is 27.0. The van der Waals surface area contributed by atoms with Crippen LogP contribution in [0.25, 0.3) is 5.53 Å². The number of carbonyl (C=O) groups excluding carboxylic acids is 2. The van der Waals surface area contributed by atoms with Crippen molar-refractivity contribution in [1.82, 2.24) is 0 Å². The first-order chi connectivity index (χ1) is 11.3. The molecule has 0 saturated carbocycles. The molecule has 0 unspecified atom stereocenters. The van der Waals surface area contributed by atoms with E-state index in [1.54, 1.807) is 20.8 Å². The number of esters is 1. The zero-order valence-electron chi connectivity index (χ0n) is 13.8. The predicted octanol–water partition coefficient (Wildman–Crippen LogP) is 0.237. The fourth-order valence-corrected chi connectivity index (χ4v) is 2.58. The van der Waals surface area contributed by atoms with Gasteiger partial charge in [0.1, 0.15) is 12.2 Å². The Hall–Kier alpha value is -1.90. The van der Waals surface area contributed by atoms with Gasteiger partial charge in [0.25, 0.3) is 5.78 Å².